The Kier molecular flexibility index (Phi) is 7.34. The second kappa shape index (κ2) is 10.5. The van der Waals surface area contributed by atoms with E-state index >= 15 is 0 Å². The third-order valence-corrected chi connectivity index (χ3v) is 6.89. The van der Waals surface area contributed by atoms with Gasteiger partial charge in [0.2, 0.25) is 0 Å². The number of hydrazone groups is 1. The smallest absolute Gasteiger partial charge is 0.416 e. The van der Waals surface area contributed by atoms with Crippen LogP contribution in [0, 0.1) is 5.82 Å². The lowest BCUT2D eigenvalue weighted by atomic mass is 10.1. The number of ether oxygens (including phenoxy) is 2. The van der Waals surface area contributed by atoms with Gasteiger partial charge in [0, 0.05) is 6.07 Å². The number of benzene rings is 3. The Labute approximate surface area is 209 Å². The minimum Gasteiger partial charge on any atom is -0.486 e. The Bertz CT molecular complexity index is 1430. The van der Waals surface area contributed by atoms with Gasteiger partial charge in [-0.1, -0.05) is 12.1 Å². The third kappa shape index (κ3) is 6.17. The van der Waals surface area contributed by atoms with Crippen molar-refractivity contribution in [2.45, 2.75) is 11.1 Å². The summed E-state index contributed by atoms with van der Waals surface area (Å²) in [5, 5.41) is 3.63. The second-order valence-electron chi connectivity index (χ2n) is 7.71. The average molecular weight is 537 g/mol. The van der Waals surface area contributed by atoms with Crippen LogP contribution in [0.4, 0.5) is 23.2 Å². The third-order valence-electron chi connectivity index (χ3n) is 5.12. The number of amides is 1. The molecular formula is C24H19F4N3O5S. The highest BCUT2D eigenvalue weighted by Crippen LogP contribution is 2.34. The van der Waals surface area contributed by atoms with Gasteiger partial charge >= 0.3 is 6.18 Å². The van der Waals surface area contributed by atoms with Crippen LogP contribution >= 0.6 is 0 Å². The molecule has 194 valence electrons. The summed E-state index contributed by atoms with van der Waals surface area (Å²) in [6, 6.07) is 12.7. The molecule has 0 aliphatic carbocycles. The van der Waals surface area contributed by atoms with Crippen LogP contribution < -0.4 is 19.2 Å². The zero-order chi connectivity index (χ0) is 26.6. The number of sulfonamides is 1. The van der Waals surface area contributed by atoms with Crippen molar-refractivity contribution in [1.29, 1.82) is 0 Å². The molecule has 3 aromatic rings. The number of halogens is 4. The van der Waals surface area contributed by atoms with Gasteiger partial charge < -0.3 is 9.47 Å². The lowest BCUT2D eigenvalue weighted by Crippen LogP contribution is -2.39. The number of alkyl halides is 3. The summed E-state index contributed by atoms with van der Waals surface area (Å²) in [5.41, 5.74) is 1.26. The number of carbonyl (C=O) groups is 1. The summed E-state index contributed by atoms with van der Waals surface area (Å²) < 4.78 is 90.7. The molecule has 13 heteroatoms. The molecular weight excluding hydrogens is 518 g/mol. The summed E-state index contributed by atoms with van der Waals surface area (Å²) >= 11 is 0. The van der Waals surface area contributed by atoms with E-state index in [2.05, 4.69) is 10.5 Å². The van der Waals surface area contributed by atoms with Crippen LogP contribution in [0.1, 0.15) is 11.1 Å². The largest absolute Gasteiger partial charge is 0.486 e. The standard InChI is InChI=1S/C24H19F4N3O5S/c25-18-4-6-19(7-5-18)31(37(33,34)20-8-9-21-22(13-20)36-11-10-35-21)15-23(32)30-29-14-16-2-1-3-17(12-16)24(26,27)28/h1-9,12-14H,10-11,15H2,(H,30,32)/b29-14-. The van der Waals surface area contributed by atoms with Crippen LogP contribution in [0.15, 0.2) is 76.7 Å². The molecule has 0 spiro atoms. The molecule has 0 bridgehead atoms. The fraction of sp³-hybridized carbons (Fsp3) is 0.167. The van der Waals surface area contributed by atoms with Gasteiger partial charge in [-0.2, -0.15) is 18.3 Å². The van der Waals surface area contributed by atoms with Crippen molar-refractivity contribution in [3.05, 3.63) is 83.7 Å². The molecule has 37 heavy (non-hydrogen) atoms. The number of hydrogen-bond acceptors (Lipinski definition) is 6. The maximum atomic E-state index is 13.5. The number of nitrogens with one attached hydrogen (secondary N) is 1. The second-order valence-corrected chi connectivity index (χ2v) is 9.57. The first-order valence-corrected chi connectivity index (χ1v) is 12.2. The molecule has 0 atom stereocenters. The number of fused-ring (bicyclic) bond motifs is 1. The molecule has 0 fully saturated rings. The lowest BCUT2D eigenvalue weighted by molar-refractivity contribution is -0.137. The topological polar surface area (TPSA) is 97.3 Å². The highest BCUT2D eigenvalue weighted by molar-refractivity contribution is 7.92. The van der Waals surface area contributed by atoms with Crippen LogP contribution in [0.3, 0.4) is 0 Å². The summed E-state index contributed by atoms with van der Waals surface area (Å²) in [4.78, 5) is 12.4. The van der Waals surface area contributed by atoms with E-state index in [1.54, 1.807) is 0 Å². The van der Waals surface area contributed by atoms with Gasteiger partial charge in [0.1, 0.15) is 25.6 Å². The van der Waals surface area contributed by atoms with E-state index in [-0.39, 0.29) is 28.5 Å². The van der Waals surface area contributed by atoms with Crippen molar-refractivity contribution >= 4 is 27.8 Å². The molecule has 3 aromatic carbocycles. The van der Waals surface area contributed by atoms with Gasteiger partial charge in [0.15, 0.2) is 11.5 Å². The predicted molar refractivity (Wildman–Crippen MR) is 126 cm³/mol. The molecule has 0 radical (unpaired) electrons. The van der Waals surface area contributed by atoms with Gasteiger partial charge in [-0.05, 0) is 54.1 Å². The van der Waals surface area contributed by atoms with Gasteiger partial charge in [-0.15, -0.1) is 0 Å². The summed E-state index contributed by atoms with van der Waals surface area (Å²) in [5.74, 6) is -0.939. The summed E-state index contributed by atoms with van der Waals surface area (Å²) in [6.07, 6.45) is -3.56. The van der Waals surface area contributed by atoms with Gasteiger partial charge in [0.05, 0.1) is 22.4 Å². The molecule has 1 heterocycles. The zero-order valence-corrected chi connectivity index (χ0v) is 19.7. The Morgan fingerprint density at radius 2 is 1.70 bits per heavy atom. The summed E-state index contributed by atoms with van der Waals surface area (Å²) in [7, 11) is -4.36. The van der Waals surface area contributed by atoms with Crippen LogP contribution in [0.2, 0.25) is 0 Å². The van der Waals surface area contributed by atoms with Crippen molar-refractivity contribution in [3.8, 4) is 11.5 Å². The molecule has 8 nitrogen and oxygen atoms in total. The van der Waals surface area contributed by atoms with E-state index in [4.69, 9.17) is 9.47 Å². The minimum atomic E-state index is -4.55. The molecule has 0 aromatic heterocycles. The van der Waals surface area contributed by atoms with E-state index in [1.807, 2.05) is 0 Å². The Balaban J connectivity index is 1.56. The van der Waals surface area contributed by atoms with Crippen molar-refractivity contribution in [3.63, 3.8) is 0 Å². The monoisotopic (exact) mass is 537 g/mol. The number of carbonyl (C=O) groups excluding carboxylic acids is 1. The van der Waals surface area contributed by atoms with Crippen LogP contribution in [0.5, 0.6) is 11.5 Å². The Hall–Kier alpha value is -4.13. The van der Waals surface area contributed by atoms with Crippen molar-refractivity contribution < 1.29 is 40.2 Å². The van der Waals surface area contributed by atoms with Gasteiger partial charge in [-0.25, -0.2) is 18.2 Å². The van der Waals surface area contributed by atoms with Crippen molar-refractivity contribution in [1.82, 2.24) is 5.43 Å². The average Bonchev–Trinajstić information content (AvgIpc) is 2.87. The van der Waals surface area contributed by atoms with Gasteiger partial charge in [0.25, 0.3) is 15.9 Å². The molecule has 1 amide bonds. The quantitative estimate of drug-likeness (QED) is 0.280. The van der Waals surface area contributed by atoms with E-state index in [0.717, 1.165) is 34.8 Å². The summed E-state index contributed by atoms with van der Waals surface area (Å²) in [6.45, 7) is -0.227. The van der Waals surface area contributed by atoms with Crippen molar-refractivity contribution in [2.24, 2.45) is 5.10 Å². The Morgan fingerprint density at radius 3 is 2.41 bits per heavy atom. The SMILES string of the molecule is O=C(CN(c1ccc(F)cc1)S(=O)(=O)c1ccc2c(c1)OCCO2)N/N=C\c1cccc(C(F)(F)F)c1. The molecule has 0 saturated heterocycles. The van der Waals surface area contributed by atoms with E-state index < -0.39 is 40.0 Å². The highest BCUT2D eigenvalue weighted by Gasteiger charge is 2.31. The number of rotatable bonds is 7. The molecule has 4 rings (SSSR count). The first-order chi connectivity index (χ1) is 17.5. The molecule has 1 aliphatic rings. The maximum absolute atomic E-state index is 13.5. The van der Waals surface area contributed by atoms with Crippen molar-refractivity contribution in [2.75, 3.05) is 24.1 Å². The fourth-order valence-electron chi connectivity index (χ4n) is 3.37. The number of hydrogen-bond donors (Lipinski definition) is 1. The molecule has 0 saturated carbocycles. The van der Waals surface area contributed by atoms with E-state index in [1.165, 1.54) is 42.5 Å². The fourth-order valence-corrected chi connectivity index (χ4v) is 4.81. The first-order valence-electron chi connectivity index (χ1n) is 10.7. The molecule has 1 N–H and O–H groups in total. The van der Waals surface area contributed by atoms with Gasteiger partial charge in [-0.3, -0.25) is 9.10 Å². The van der Waals surface area contributed by atoms with Crippen LogP contribution in [-0.4, -0.2) is 40.3 Å². The molecule has 0 unspecified atom stereocenters. The number of anilines is 1. The Morgan fingerprint density at radius 1 is 1.00 bits per heavy atom. The lowest BCUT2D eigenvalue weighted by Gasteiger charge is -2.25. The van der Waals surface area contributed by atoms with E-state index in [9.17, 15) is 30.8 Å². The number of nitrogens with zero attached hydrogens (tertiary/aromatic N) is 2. The molecule has 1 aliphatic heterocycles. The maximum Gasteiger partial charge on any atom is 0.416 e. The highest BCUT2D eigenvalue weighted by atomic mass is 32.2. The normalized spacial score (nSPS) is 13.4. The predicted octanol–water partition coefficient (Wildman–Crippen LogP) is 3.96. The first kappa shape index (κ1) is 25.9. The van der Waals surface area contributed by atoms with Crippen LogP contribution in [0.25, 0.3) is 0 Å². The van der Waals surface area contributed by atoms with Crippen LogP contribution in [-0.2, 0) is 21.0 Å². The zero-order valence-electron chi connectivity index (χ0n) is 18.9. The minimum absolute atomic E-state index is 0.00621. The van der Waals surface area contributed by atoms with E-state index in [0.29, 0.717) is 12.4 Å².